The summed E-state index contributed by atoms with van der Waals surface area (Å²) in [5.74, 6) is -0.131. The first-order valence-electron chi connectivity index (χ1n) is 20.8. The minimum absolute atomic E-state index is 0.00874. The van der Waals surface area contributed by atoms with Crippen LogP contribution in [0.5, 0.6) is 11.5 Å². The quantitative estimate of drug-likeness (QED) is 0.0515. The second-order valence-electron chi connectivity index (χ2n) is 18.9. The highest BCUT2D eigenvalue weighted by atomic mass is 16.5. The number of fused-ring (bicyclic) bond motifs is 2. The number of esters is 3. The Hall–Kier alpha value is -4.93. The smallest absolute Gasteiger partial charge is 0.311 e. The second kappa shape index (κ2) is 19.4. The third-order valence-electron chi connectivity index (χ3n) is 10.8. The van der Waals surface area contributed by atoms with Gasteiger partial charge in [0.15, 0.2) is 0 Å². The summed E-state index contributed by atoms with van der Waals surface area (Å²) in [7, 11) is 3.79. The fourth-order valence-corrected chi connectivity index (χ4v) is 9.61. The van der Waals surface area contributed by atoms with E-state index in [1.807, 2.05) is 81.7 Å². The number of carbonyl (C=O) groups excluding carboxylic acids is 3. The lowest BCUT2D eigenvalue weighted by molar-refractivity contribution is -0.149. The lowest BCUT2D eigenvalue weighted by Gasteiger charge is -2.43. The largest absolute Gasteiger partial charge is 0.464 e. The van der Waals surface area contributed by atoms with Gasteiger partial charge in [0.1, 0.15) is 29.3 Å². The highest BCUT2D eigenvalue weighted by molar-refractivity contribution is 5.91. The van der Waals surface area contributed by atoms with Crippen LogP contribution < -0.4 is 20.1 Å². The number of likely N-dealkylation sites (N-methyl/N-ethyl adjacent to an activating group) is 2. The molecule has 0 aliphatic carbocycles. The number of hydrogen-bond acceptors (Lipinski definition) is 10. The standard InChI is InChI=1S/C49H64N2O8/c1-46(2,25-42(53)58-39-19-13-17-37-44(39)35(29-55-37)21-23-50-8)31-47(3,4)32-48(5,6)33-49(7,26-41(52)57-28-34-15-11-10-12-16-34)27-43(54)59-40-20-14-18-38-45(40)36(30-56-38)22-24-51-9/h10-20,29-30,50-51H,21-28,31-33H2,1-9H3. The van der Waals surface area contributed by atoms with Crippen LogP contribution in [0.1, 0.15) is 104 Å². The molecular formula is C49H64N2O8. The van der Waals surface area contributed by atoms with E-state index >= 15 is 0 Å². The summed E-state index contributed by atoms with van der Waals surface area (Å²) in [6.45, 7) is 16.7. The lowest BCUT2D eigenvalue weighted by Crippen LogP contribution is -2.36. The Kier molecular flexibility index (Phi) is 14.9. The molecular weight excluding hydrogens is 745 g/mol. The Labute approximate surface area is 349 Å². The molecule has 0 saturated heterocycles. The molecule has 1 unspecified atom stereocenters. The first-order chi connectivity index (χ1) is 27.9. The molecule has 0 aliphatic heterocycles. The molecule has 318 valence electrons. The summed E-state index contributed by atoms with van der Waals surface area (Å²) >= 11 is 0. The number of furan rings is 2. The van der Waals surface area contributed by atoms with E-state index in [4.69, 9.17) is 23.0 Å². The Morgan fingerprint density at radius 3 is 1.56 bits per heavy atom. The van der Waals surface area contributed by atoms with Gasteiger partial charge >= 0.3 is 17.9 Å². The molecule has 10 nitrogen and oxygen atoms in total. The van der Waals surface area contributed by atoms with Gasteiger partial charge in [-0.1, -0.05) is 90.9 Å². The monoisotopic (exact) mass is 808 g/mol. The number of hydrogen-bond donors (Lipinski definition) is 2. The molecule has 2 aromatic heterocycles. The van der Waals surface area contributed by atoms with Crippen molar-refractivity contribution in [3.05, 3.63) is 95.9 Å². The molecule has 0 spiro atoms. The maximum atomic E-state index is 13.9. The zero-order valence-electron chi connectivity index (χ0n) is 36.5. The zero-order chi connectivity index (χ0) is 42.8. The molecule has 2 heterocycles. The first-order valence-corrected chi connectivity index (χ1v) is 20.8. The van der Waals surface area contributed by atoms with Crippen molar-refractivity contribution in [3.8, 4) is 11.5 Å². The van der Waals surface area contributed by atoms with Gasteiger partial charge in [-0.3, -0.25) is 14.4 Å². The molecule has 59 heavy (non-hydrogen) atoms. The number of benzene rings is 3. The average molecular weight is 809 g/mol. The van der Waals surface area contributed by atoms with Gasteiger partial charge in [0.05, 0.1) is 42.6 Å². The van der Waals surface area contributed by atoms with Gasteiger partial charge in [0, 0.05) is 11.1 Å². The minimum Gasteiger partial charge on any atom is -0.464 e. The van der Waals surface area contributed by atoms with E-state index in [0.29, 0.717) is 35.5 Å². The van der Waals surface area contributed by atoms with Crippen LogP contribution in [0.15, 0.2) is 88.1 Å². The number of nitrogens with one attached hydrogen (secondary N) is 2. The van der Waals surface area contributed by atoms with Crippen LogP contribution in [-0.4, -0.2) is 45.1 Å². The highest BCUT2D eigenvalue weighted by Crippen LogP contribution is 2.49. The van der Waals surface area contributed by atoms with Crippen LogP contribution in [0.3, 0.4) is 0 Å². The molecule has 0 bridgehead atoms. The van der Waals surface area contributed by atoms with Gasteiger partial charge in [0.2, 0.25) is 0 Å². The predicted octanol–water partition coefficient (Wildman–Crippen LogP) is 10.4. The highest BCUT2D eigenvalue weighted by Gasteiger charge is 2.41. The van der Waals surface area contributed by atoms with E-state index in [-0.39, 0.29) is 54.1 Å². The number of rotatable bonds is 22. The molecule has 0 radical (unpaired) electrons. The van der Waals surface area contributed by atoms with Crippen molar-refractivity contribution in [3.63, 3.8) is 0 Å². The fourth-order valence-electron chi connectivity index (χ4n) is 9.61. The van der Waals surface area contributed by atoms with Crippen molar-refractivity contribution in [2.45, 2.75) is 106 Å². The molecule has 2 N–H and O–H groups in total. The molecule has 0 saturated carbocycles. The Balaban J connectivity index is 1.28. The maximum absolute atomic E-state index is 13.9. The third kappa shape index (κ3) is 13.0. The molecule has 5 aromatic rings. The summed E-state index contributed by atoms with van der Waals surface area (Å²) < 4.78 is 29.4. The number of ether oxygens (including phenoxy) is 3. The number of carbonyl (C=O) groups is 3. The maximum Gasteiger partial charge on any atom is 0.311 e. The van der Waals surface area contributed by atoms with E-state index in [9.17, 15) is 14.4 Å². The Morgan fingerprint density at radius 1 is 0.559 bits per heavy atom. The summed E-state index contributed by atoms with van der Waals surface area (Å²) in [5, 5.41) is 7.94. The van der Waals surface area contributed by atoms with E-state index < -0.39 is 11.4 Å². The molecule has 1 atom stereocenters. The second-order valence-corrected chi connectivity index (χ2v) is 18.9. The van der Waals surface area contributed by atoms with E-state index in [0.717, 1.165) is 59.8 Å². The van der Waals surface area contributed by atoms with Gasteiger partial charge in [0.25, 0.3) is 0 Å². The SMILES string of the molecule is CNCCc1coc2cccc(OC(=O)CC(C)(C)CC(C)(C)CC(C)(C)CC(C)(CC(=O)OCc3ccccc3)CC(=O)Oc3cccc4occ(CCNC)c34)c12. The third-order valence-corrected chi connectivity index (χ3v) is 10.8. The topological polar surface area (TPSA) is 129 Å². The Bertz CT molecular complexity index is 2180. The molecule has 0 fully saturated rings. The van der Waals surface area contributed by atoms with Gasteiger partial charge in [-0.15, -0.1) is 0 Å². The molecule has 10 heteroatoms. The average Bonchev–Trinajstić information content (AvgIpc) is 3.76. The summed E-state index contributed by atoms with van der Waals surface area (Å²) in [6, 6.07) is 20.6. The zero-order valence-corrected chi connectivity index (χ0v) is 36.5. The first kappa shape index (κ1) is 45.2. The van der Waals surface area contributed by atoms with Crippen molar-refractivity contribution in [1.29, 1.82) is 0 Å². The van der Waals surface area contributed by atoms with Gasteiger partial charge in [-0.25, -0.2) is 0 Å². The van der Waals surface area contributed by atoms with Crippen molar-refractivity contribution in [1.82, 2.24) is 10.6 Å². The van der Waals surface area contributed by atoms with Crippen molar-refractivity contribution < 1.29 is 37.4 Å². The van der Waals surface area contributed by atoms with Crippen molar-refractivity contribution in [2.24, 2.45) is 21.7 Å². The van der Waals surface area contributed by atoms with Crippen LogP contribution >= 0.6 is 0 Å². The van der Waals surface area contributed by atoms with Gasteiger partial charge in [-0.05, 0) is 111 Å². The van der Waals surface area contributed by atoms with Crippen molar-refractivity contribution in [2.75, 3.05) is 27.2 Å². The van der Waals surface area contributed by atoms with E-state index in [2.05, 4.69) is 52.2 Å². The molecule has 0 aliphatic rings. The molecule has 5 rings (SSSR count). The van der Waals surface area contributed by atoms with Crippen LogP contribution in [0.2, 0.25) is 0 Å². The summed E-state index contributed by atoms with van der Waals surface area (Å²) in [5.41, 5.74) is 2.48. The van der Waals surface area contributed by atoms with Crippen LogP contribution in [0.4, 0.5) is 0 Å². The van der Waals surface area contributed by atoms with Gasteiger partial charge in [-0.2, -0.15) is 0 Å². The van der Waals surface area contributed by atoms with Crippen LogP contribution in [0.25, 0.3) is 21.9 Å². The lowest BCUT2D eigenvalue weighted by atomic mass is 9.62. The summed E-state index contributed by atoms with van der Waals surface area (Å²) in [6.07, 6.45) is 7.26. The van der Waals surface area contributed by atoms with Gasteiger partial charge < -0.3 is 33.7 Å². The Morgan fingerprint density at radius 2 is 1.03 bits per heavy atom. The minimum atomic E-state index is -0.789. The summed E-state index contributed by atoms with van der Waals surface area (Å²) in [4.78, 5) is 41.0. The molecule has 3 aromatic carbocycles. The fraction of sp³-hybridized carbons (Fsp3) is 0.490. The normalized spacial score (nSPS) is 13.4. The van der Waals surface area contributed by atoms with Crippen LogP contribution in [-0.2, 0) is 38.6 Å². The van der Waals surface area contributed by atoms with E-state index in [1.165, 1.54) is 0 Å². The van der Waals surface area contributed by atoms with E-state index in [1.54, 1.807) is 18.6 Å². The van der Waals surface area contributed by atoms with Crippen molar-refractivity contribution >= 4 is 39.8 Å². The molecule has 0 amide bonds. The van der Waals surface area contributed by atoms with Crippen LogP contribution in [0, 0.1) is 21.7 Å². The predicted molar refractivity (Wildman–Crippen MR) is 232 cm³/mol.